The lowest BCUT2D eigenvalue weighted by molar-refractivity contribution is -0.131. The van der Waals surface area contributed by atoms with Crippen molar-refractivity contribution in [2.75, 3.05) is 13.2 Å². The molecule has 3 N–H and O–H groups in total. The van der Waals surface area contributed by atoms with Crippen LogP contribution in [0.15, 0.2) is 33.9 Å². The van der Waals surface area contributed by atoms with Crippen molar-refractivity contribution in [3.8, 4) is 0 Å². The number of aryl methyl sites for hydroxylation is 1. The highest BCUT2D eigenvalue weighted by molar-refractivity contribution is 7.56. The van der Waals surface area contributed by atoms with Crippen molar-refractivity contribution in [2.24, 2.45) is 24.8 Å². The summed E-state index contributed by atoms with van der Waals surface area (Å²) in [5, 5.41) is 5.52. The Labute approximate surface area is 205 Å². The molecule has 11 heteroatoms. The van der Waals surface area contributed by atoms with Crippen molar-refractivity contribution >= 4 is 30.1 Å². The maximum atomic E-state index is 13.3. The molecular formula is C24H37N4O6P. The first-order valence-corrected chi connectivity index (χ1v) is 13.8. The molecule has 2 aromatic rings. The van der Waals surface area contributed by atoms with E-state index in [1.807, 2.05) is 27.7 Å². The summed E-state index contributed by atoms with van der Waals surface area (Å²) in [6, 6.07) is 5.77. The normalized spacial score (nSPS) is 15.1. The zero-order chi connectivity index (χ0) is 26.5. The van der Waals surface area contributed by atoms with E-state index in [-0.39, 0.29) is 23.1 Å². The maximum Gasteiger partial charge on any atom is 0.331 e. The topological polar surface area (TPSA) is 140 Å². The number of likely N-dealkylation sites (N-methyl/N-ethyl adjacent to an activating group) is 1. The summed E-state index contributed by atoms with van der Waals surface area (Å²) >= 11 is 0. The van der Waals surface area contributed by atoms with E-state index < -0.39 is 48.9 Å². The zero-order valence-electron chi connectivity index (χ0n) is 21.3. The first-order chi connectivity index (χ1) is 16.3. The molecule has 3 atom stereocenters. The van der Waals surface area contributed by atoms with Crippen molar-refractivity contribution in [3.05, 3.63) is 45.1 Å². The maximum absolute atomic E-state index is 13.3. The van der Waals surface area contributed by atoms with Gasteiger partial charge in [-0.05, 0) is 36.8 Å². The first kappa shape index (κ1) is 28.5. The van der Waals surface area contributed by atoms with Gasteiger partial charge >= 0.3 is 5.69 Å². The molecule has 1 aromatic heterocycles. The van der Waals surface area contributed by atoms with Gasteiger partial charge in [0, 0.05) is 26.2 Å². The highest BCUT2D eigenvalue weighted by atomic mass is 31.2. The molecule has 0 fully saturated rings. The minimum atomic E-state index is -4.15. The van der Waals surface area contributed by atoms with Gasteiger partial charge in [0.25, 0.3) is 5.56 Å². The molecule has 0 saturated carbocycles. The van der Waals surface area contributed by atoms with Crippen molar-refractivity contribution in [3.63, 3.8) is 0 Å². The third-order valence-electron chi connectivity index (χ3n) is 5.84. The fourth-order valence-electron chi connectivity index (χ4n) is 4.21. The molecule has 0 aliphatic carbocycles. The minimum Gasteiger partial charge on any atom is -0.357 e. The fraction of sp³-hybridized carbons (Fsp3) is 0.583. The van der Waals surface area contributed by atoms with Gasteiger partial charge < -0.3 is 15.5 Å². The Hall–Kier alpha value is -2.71. The van der Waals surface area contributed by atoms with Gasteiger partial charge in [-0.1, -0.05) is 39.8 Å². The number of hydrogen-bond acceptors (Lipinski definition) is 5. The van der Waals surface area contributed by atoms with Crippen LogP contribution >= 0.6 is 7.37 Å². The number of nitrogens with one attached hydrogen (secondary N) is 2. The van der Waals surface area contributed by atoms with E-state index in [4.69, 9.17) is 0 Å². The Kier molecular flexibility index (Phi) is 9.63. The Bertz CT molecular complexity index is 1230. The number of fused-ring (bicyclic) bond motifs is 1. The average Bonchev–Trinajstić information content (AvgIpc) is 2.78. The summed E-state index contributed by atoms with van der Waals surface area (Å²) in [5.41, 5.74) is -0.933. The van der Waals surface area contributed by atoms with Crippen LogP contribution < -0.4 is 21.9 Å². The fourth-order valence-corrected chi connectivity index (χ4v) is 6.02. The molecule has 0 radical (unpaired) electrons. The largest absolute Gasteiger partial charge is 0.357 e. The monoisotopic (exact) mass is 508 g/mol. The van der Waals surface area contributed by atoms with Gasteiger partial charge in [-0.25, -0.2) is 9.36 Å². The first-order valence-electron chi connectivity index (χ1n) is 11.8. The Morgan fingerprint density at radius 3 is 2.20 bits per heavy atom. The summed E-state index contributed by atoms with van der Waals surface area (Å²) in [5.74, 6) is -1.54. The lowest BCUT2D eigenvalue weighted by Crippen LogP contribution is -2.49. The van der Waals surface area contributed by atoms with Crippen LogP contribution in [-0.2, 0) is 27.5 Å². The Morgan fingerprint density at radius 1 is 1.03 bits per heavy atom. The van der Waals surface area contributed by atoms with E-state index in [0.717, 1.165) is 4.57 Å². The highest BCUT2D eigenvalue weighted by Gasteiger charge is 2.33. The molecule has 2 amide bonds. The van der Waals surface area contributed by atoms with Gasteiger partial charge in [0.15, 0.2) is 0 Å². The number of carbonyl (C=O) groups excluding carboxylic acids is 2. The van der Waals surface area contributed by atoms with Crippen LogP contribution in [0.2, 0.25) is 0 Å². The van der Waals surface area contributed by atoms with Gasteiger partial charge in [0.05, 0.1) is 10.9 Å². The van der Waals surface area contributed by atoms with E-state index in [1.54, 1.807) is 24.3 Å². The second-order valence-electron chi connectivity index (χ2n) is 9.89. The van der Waals surface area contributed by atoms with E-state index in [0.29, 0.717) is 18.4 Å². The third kappa shape index (κ3) is 7.39. The van der Waals surface area contributed by atoms with Crippen LogP contribution in [0.5, 0.6) is 0 Å². The van der Waals surface area contributed by atoms with Crippen LogP contribution in [0, 0.1) is 17.8 Å². The van der Waals surface area contributed by atoms with Crippen molar-refractivity contribution in [2.45, 2.75) is 52.9 Å². The third-order valence-corrected chi connectivity index (χ3v) is 7.58. The molecule has 35 heavy (non-hydrogen) atoms. The number of para-hydroxylation sites is 1. The van der Waals surface area contributed by atoms with Crippen LogP contribution in [-0.4, -0.2) is 45.1 Å². The number of hydrogen-bond donors (Lipinski definition) is 3. The van der Waals surface area contributed by atoms with Crippen LogP contribution in [0.25, 0.3) is 10.9 Å². The molecule has 0 aliphatic rings. The standard InChI is InChI=1S/C24H37N4O6P/c1-15(2)11-17(21(29)26-19(12-16(3)4)22(30)25-5)13-35(33,34)14-28-23(31)18-9-7-8-10-20(18)27(6)24(28)32/h7-10,15-17,19H,11-14H2,1-6H3,(H,25,30)(H,26,29)(H,33,34)/t17-,19+/m1/s1. The second-order valence-corrected chi connectivity index (χ2v) is 12.2. The molecule has 1 heterocycles. The Balaban J connectivity index is 2.35. The SMILES string of the molecule is CNC(=O)[C@H](CC(C)C)NC(=O)[C@H](CC(C)C)CP(=O)(O)Cn1c(=O)c2ccccc2n(C)c1=O. The van der Waals surface area contributed by atoms with Crippen molar-refractivity contribution < 1.29 is 19.0 Å². The molecule has 10 nitrogen and oxygen atoms in total. The summed E-state index contributed by atoms with van der Waals surface area (Å²) in [4.78, 5) is 62.0. The van der Waals surface area contributed by atoms with Gasteiger partial charge in [0.2, 0.25) is 19.2 Å². The van der Waals surface area contributed by atoms with E-state index >= 15 is 0 Å². The predicted octanol–water partition coefficient (Wildman–Crippen LogP) is 1.87. The molecular weight excluding hydrogens is 471 g/mol. The van der Waals surface area contributed by atoms with E-state index in [9.17, 15) is 28.6 Å². The van der Waals surface area contributed by atoms with Gasteiger partial charge in [-0.15, -0.1) is 0 Å². The number of amides is 2. The van der Waals surface area contributed by atoms with Gasteiger partial charge in [-0.3, -0.25) is 23.5 Å². The quantitative estimate of drug-likeness (QED) is 0.396. The number of carbonyl (C=O) groups is 2. The number of benzene rings is 1. The molecule has 1 aromatic carbocycles. The molecule has 0 bridgehead atoms. The van der Waals surface area contributed by atoms with E-state index in [1.165, 1.54) is 18.7 Å². The average molecular weight is 509 g/mol. The minimum absolute atomic E-state index is 0.0329. The number of nitrogens with zero attached hydrogens (tertiary/aromatic N) is 2. The smallest absolute Gasteiger partial charge is 0.331 e. The van der Waals surface area contributed by atoms with E-state index in [2.05, 4.69) is 10.6 Å². The molecule has 2 rings (SSSR count). The lowest BCUT2D eigenvalue weighted by atomic mass is 9.96. The highest BCUT2D eigenvalue weighted by Crippen LogP contribution is 2.45. The number of rotatable bonds is 11. The molecule has 0 spiro atoms. The Morgan fingerprint density at radius 2 is 1.63 bits per heavy atom. The van der Waals surface area contributed by atoms with Crippen molar-refractivity contribution in [1.82, 2.24) is 19.8 Å². The summed E-state index contributed by atoms with van der Waals surface area (Å²) in [6.45, 7) is 7.63. The summed E-state index contributed by atoms with van der Waals surface area (Å²) in [6.07, 6.45) is -0.389. The molecule has 1 unspecified atom stereocenters. The number of aromatic nitrogens is 2. The molecule has 0 saturated heterocycles. The van der Waals surface area contributed by atoms with Crippen LogP contribution in [0.1, 0.15) is 40.5 Å². The zero-order valence-corrected chi connectivity index (χ0v) is 22.2. The van der Waals surface area contributed by atoms with Gasteiger partial charge in [0.1, 0.15) is 12.3 Å². The second kappa shape index (κ2) is 11.8. The summed E-state index contributed by atoms with van der Waals surface area (Å²) < 4.78 is 15.3. The molecule has 0 aliphatic heterocycles. The van der Waals surface area contributed by atoms with Crippen molar-refractivity contribution in [1.29, 1.82) is 0 Å². The predicted molar refractivity (Wildman–Crippen MR) is 137 cm³/mol. The van der Waals surface area contributed by atoms with Crippen LogP contribution in [0.3, 0.4) is 0 Å². The van der Waals surface area contributed by atoms with Crippen LogP contribution in [0.4, 0.5) is 0 Å². The lowest BCUT2D eigenvalue weighted by Gasteiger charge is -2.25. The molecule has 194 valence electrons. The summed E-state index contributed by atoms with van der Waals surface area (Å²) in [7, 11) is -1.17. The van der Waals surface area contributed by atoms with Gasteiger partial charge in [-0.2, -0.15) is 0 Å².